The number of aryl methyl sites for hydroxylation is 1. The number of aromatic nitrogens is 1. The van der Waals surface area contributed by atoms with Gasteiger partial charge in [0.1, 0.15) is 11.8 Å². The first-order valence-electron chi connectivity index (χ1n) is 6.05. The third-order valence-corrected chi connectivity index (χ3v) is 3.03. The molecule has 0 bridgehead atoms. The number of amides is 2. The third-order valence-electron chi connectivity index (χ3n) is 3.03. The Morgan fingerprint density at radius 1 is 1.47 bits per heavy atom. The molecule has 2 heterocycles. The molecule has 0 unspecified atom stereocenters. The molecule has 2 amide bonds. The van der Waals surface area contributed by atoms with E-state index in [1.54, 1.807) is 24.0 Å². The Balaban J connectivity index is 2.17. The molecule has 1 aliphatic rings. The lowest BCUT2D eigenvalue weighted by Gasteiger charge is -2.19. The number of nitriles is 1. The van der Waals surface area contributed by atoms with Gasteiger partial charge in [-0.2, -0.15) is 5.26 Å². The molecule has 1 N–H and O–H groups in total. The van der Waals surface area contributed by atoms with E-state index < -0.39 is 0 Å². The second-order valence-electron chi connectivity index (χ2n) is 4.33. The highest BCUT2D eigenvalue weighted by atomic mass is 16.2. The molecule has 1 saturated heterocycles. The van der Waals surface area contributed by atoms with Crippen LogP contribution in [0.1, 0.15) is 28.2 Å². The predicted molar refractivity (Wildman–Crippen MR) is 67.2 cm³/mol. The van der Waals surface area contributed by atoms with Crippen LogP contribution in [0, 0.1) is 18.3 Å². The van der Waals surface area contributed by atoms with Crippen LogP contribution in [-0.4, -0.2) is 41.3 Å². The van der Waals surface area contributed by atoms with Gasteiger partial charge in [0.2, 0.25) is 5.91 Å². The van der Waals surface area contributed by atoms with Gasteiger partial charge in [0.05, 0.1) is 11.3 Å². The highest BCUT2D eigenvalue weighted by Crippen LogP contribution is 2.09. The molecule has 1 aromatic heterocycles. The minimum atomic E-state index is -0.205. The molecule has 6 heteroatoms. The maximum Gasteiger partial charge on any atom is 0.272 e. The molecule has 6 nitrogen and oxygen atoms in total. The fraction of sp³-hybridized carbons (Fsp3) is 0.385. The quantitative estimate of drug-likeness (QED) is 0.781. The van der Waals surface area contributed by atoms with Gasteiger partial charge in [-0.3, -0.25) is 9.59 Å². The molecule has 2 rings (SSSR count). The first-order chi connectivity index (χ1) is 9.11. The number of hydrogen-bond donors (Lipinski definition) is 1. The van der Waals surface area contributed by atoms with Crippen molar-refractivity contribution in [1.29, 1.82) is 5.26 Å². The molecule has 0 aliphatic carbocycles. The molecule has 0 spiro atoms. The molecule has 0 aromatic carbocycles. The number of carbonyl (C=O) groups is 2. The van der Waals surface area contributed by atoms with Gasteiger partial charge >= 0.3 is 0 Å². The zero-order valence-electron chi connectivity index (χ0n) is 10.6. The van der Waals surface area contributed by atoms with Crippen molar-refractivity contribution < 1.29 is 9.59 Å². The SMILES string of the molecule is Cc1nc(C(=O)N2CCNC(=O)CC2)ccc1C#N. The Kier molecular flexibility index (Phi) is 3.76. The molecule has 0 radical (unpaired) electrons. The maximum atomic E-state index is 12.3. The van der Waals surface area contributed by atoms with Gasteiger partial charge in [-0.1, -0.05) is 0 Å². The number of rotatable bonds is 1. The van der Waals surface area contributed by atoms with Crippen LogP contribution in [0.5, 0.6) is 0 Å². The Bertz CT molecular complexity index is 562. The highest BCUT2D eigenvalue weighted by Gasteiger charge is 2.21. The van der Waals surface area contributed by atoms with E-state index >= 15 is 0 Å². The first kappa shape index (κ1) is 13.0. The molecular weight excluding hydrogens is 244 g/mol. The Hall–Kier alpha value is -2.42. The number of carbonyl (C=O) groups excluding carboxylic acids is 2. The average molecular weight is 258 g/mol. The Morgan fingerprint density at radius 3 is 2.95 bits per heavy atom. The summed E-state index contributed by atoms with van der Waals surface area (Å²) in [6, 6.07) is 5.16. The van der Waals surface area contributed by atoms with Crippen LogP contribution < -0.4 is 5.32 Å². The van der Waals surface area contributed by atoms with Crippen LogP contribution in [0.25, 0.3) is 0 Å². The summed E-state index contributed by atoms with van der Waals surface area (Å²) in [6.45, 7) is 3.03. The number of nitrogens with one attached hydrogen (secondary N) is 1. The second-order valence-corrected chi connectivity index (χ2v) is 4.33. The van der Waals surface area contributed by atoms with Crippen molar-refractivity contribution in [2.45, 2.75) is 13.3 Å². The van der Waals surface area contributed by atoms with Crippen LogP contribution in [0.3, 0.4) is 0 Å². The van der Waals surface area contributed by atoms with E-state index in [1.165, 1.54) is 0 Å². The summed E-state index contributed by atoms with van der Waals surface area (Å²) in [4.78, 5) is 29.2. The zero-order valence-corrected chi connectivity index (χ0v) is 10.6. The third kappa shape index (κ3) is 2.88. The summed E-state index contributed by atoms with van der Waals surface area (Å²) in [5.74, 6) is -0.247. The fourth-order valence-electron chi connectivity index (χ4n) is 1.93. The molecule has 19 heavy (non-hydrogen) atoms. The van der Waals surface area contributed by atoms with Gasteiger partial charge in [-0.25, -0.2) is 4.98 Å². The van der Waals surface area contributed by atoms with E-state index in [0.29, 0.717) is 43.0 Å². The molecule has 0 saturated carbocycles. The van der Waals surface area contributed by atoms with Crippen molar-refractivity contribution in [2.75, 3.05) is 19.6 Å². The monoisotopic (exact) mass is 258 g/mol. The van der Waals surface area contributed by atoms with Crippen molar-refractivity contribution in [3.63, 3.8) is 0 Å². The van der Waals surface area contributed by atoms with Crippen LogP contribution >= 0.6 is 0 Å². The summed E-state index contributed by atoms with van der Waals surface area (Å²) >= 11 is 0. The minimum absolute atomic E-state index is 0.0423. The average Bonchev–Trinajstić information content (AvgIpc) is 2.62. The zero-order chi connectivity index (χ0) is 13.8. The van der Waals surface area contributed by atoms with Crippen LogP contribution in [0.4, 0.5) is 0 Å². The van der Waals surface area contributed by atoms with Crippen LogP contribution in [-0.2, 0) is 4.79 Å². The van der Waals surface area contributed by atoms with E-state index in [4.69, 9.17) is 5.26 Å². The first-order valence-corrected chi connectivity index (χ1v) is 6.05. The molecule has 98 valence electrons. The lowest BCUT2D eigenvalue weighted by molar-refractivity contribution is -0.120. The predicted octanol–water partition coefficient (Wildman–Crippen LogP) is 0.224. The summed E-state index contributed by atoms with van der Waals surface area (Å²) in [6.07, 6.45) is 0.307. The largest absolute Gasteiger partial charge is 0.354 e. The normalized spacial score (nSPS) is 15.4. The number of pyridine rings is 1. The molecular formula is C13H14N4O2. The van der Waals surface area contributed by atoms with Crippen molar-refractivity contribution in [3.8, 4) is 6.07 Å². The standard InChI is InChI=1S/C13H14N4O2/c1-9-10(8-14)2-3-11(16-9)13(19)17-6-4-12(18)15-5-7-17/h2-3H,4-7H2,1H3,(H,15,18). The Labute approximate surface area is 111 Å². The van der Waals surface area contributed by atoms with Crippen LogP contribution in [0.15, 0.2) is 12.1 Å². The van der Waals surface area contributed by atoms with E-state index in [9.17, 15) is 9.59 Å². The Morgan fingerprint density at radius 2 is 2.26 bits per heavy atom. The van der Waals surface area contributed by atoms with Crippen LogP contribution in [0.2, 0.25) is 0 Å². The molecule has 1 aromatic rings. The smallest absolute Gasteiger partial charge is 0.272 e. The van der Waals surface area contributed by atoms with E-state index in [-0.39, 0.29) is 11.8 Å². The van der Waals surface area contributed by atoms with Crippen molar-refractivity contribution in [2.24, 2.45) is 0 Å². The van der Waals surface area contributed by atoms with E-state index in [0.717, 1.165) is 0 Å². The van der Waals surface area contributed by atoms with Crippen molar-refractivity contribution >= 4 is 11.8 Å². The van der Waals surface area contributed by atoms with Gasteiger partial charge in [-0.15, -0.1) is 0 Å². The second kappa shape index (κ2) is 5.48. The van der Waals surface area contributed by atoms with Crippen molar-refractivity contribution in [3.05, 3.63) is 29.1 Å². The topological polar surface area (TPSA) is 86.1 Å². The summed E-state index contributed by atoms with van der Waals surface area (Å²) in [5.41, 5.74) is 1.31. The highest BCUT2D eigenvalue weighted by molar-refractivity contribution is 5.93. The number of nitrogens with zero attached hydrogens (tertiary/aromatic N) is 3. The van der Waals surface area contributed by atoms with Gasteiger partial charge in [-0.05, 0) is 19.1 Å². The molecule has 1 aliphatic heterocycles. The maximum absolute atomic E-state index is 12.3. The van der Waals surface area contributed by atoms with E-state index in [2.05, 4.69) is 10.3 Å². The fourth-order valence-corrected chi connectivity index (χ4v) is 1.93. The lowest BCUT2D eigenvalue weighted by Crippen LogP contribution is -2.34. The molecule has 0 atom stereocenters. The lowest BCUT2D eigenvalue weighted by atomic mass is 10.2. The minimum Gasteiger partial charge on any atom is -0.354 e. The molecule has 1 fully saturated rings. The van der Waals surface area contributed by atoms with Gasteiger partial charge < -0.3 is 10.2 Å². The van der Waals surface area contributed by atoms with Gasteiger partial charge in [0, 0.05) is 26.1 Å². The van der Waals surface area contributed by atoms with Gasteiger partial charge in [0.25, 0.3) is 5.91 Å². The van der Waals surface area contributed by atoms with Crippen molar-refractivity contribution in [1.82, 2.24) is 15.2 Å². The van der Waals surface area contributed by atoms with E-state index in [1.807, 2.05) is 6.07 Å². The summed E-state index contributed by atoms with van der Waals surface area (Å²) < 4.78 is 0. The summed E-state index contributed by atoms with van der Waals surface area (Å²) in [5, 5.41) is 11.5. The van der Waals surface area contributed by atoms with Gasteiger partial charge in [0.15, 0.2) is 0 Å². The summed E-state index contributed by atoms with van der Waals surface area (Å²) in [7, 11) is 0. The number of hydrogen-bond acceptors (Lipinski definition) is 4.